The van der Waals surface area contributed by atoms with Crippen LogP contribution in [0.2, 0.25) is 0 Å². The summed E-state index contributed by atoms with van der Waals surface area (Å²) in [7, 11) is 1.54. The lowest BCUT2D eigenvalue weighted by atomic mass is 10.1. The second-order valence-electron chi connectivity index (χ2n) is 6.29. The molecule has 1 aromatic rings. The largest absolute Gasteiger partial charge is 0.484 e. The van der Waals surface area contributed by atoms with Crippen molar-refractivity contribution in [3.05, 3.63) is 29.8 Å². The summed E-state index contributed by atoms with van der Waals surface area (Å²) >= 11 is 0. The molecule has 2 atom stereocenters. The smallest absolute Gasteiger partial charge is 0.258 e. The Balaban J connectivity index is 0.00000338. The van der Waals surface area contributed by atoms with E-state index >= 15 is 0 Å². The third kappa shape index (κ3) is 7.59. The van der Waals surface area contributed by atoms with Gasteiger partial charge in [-0.1, -0.05) is 12.1 Å². The molecule has 4 N–H and O–H groups in total. The first-order valence-corrected chi connectivity index (χ1v) is 8.56. The fraction of sp³-hybridized carbons (Fsp3) is 0.556. The maximum Gasteiger partial charge on any atom is 0.258 e. The van der Waals surface area contributed by atoms with Gasteiger partial charge in [-0.15, -0.1) is 12.4 Å². The minimum absolute atomic E-state index is 0. The average molecular weight is 386 g/mol. The van der Waals surface area contributed by atoms with Crippen LogP contribution in [0.5, 0.6) is 5.75 Å². The van der Waals surface area contributed by atoms with Gasteiger partial charge in [0, 0.05) is 19.7 Å². The third-order valence-corrected chi connectivity index (χ3v) is 4.08. The van der Waals surface area contributed by atoms with Gasteiger partial charge in [0.2, 0.25) is 5.91 Å². The average Bonchev–Trinajstić information content (AvgIpc) is 3.42. The summed E-state index contributed by atoms with van der Waals surface area (Å²) in [6.45, 7) is 2.22. The number of hydrogen-bond acceptors (Lipinski definition) is 5. The number of nitrogens with two attached hydrogens (primary N) is 1. The van der Waals surface area contributed by atoms with Gasteiger partial charge in [-0.3, -0.25) is 9.59 Å². The van der Waals surface area contributed by atoms with Crippen LogP contribution in [0.3, 0.4) is 0 Å². The van der Waals surface area contributed by atoms with Crippen molar-refractivity contribution in [1.82, 2.24) is 10.6 Å². The third-order valence-electron chi connectivity index (χ3n) is 4.08. The van der Waals surface area contributed by atoms with Crippen LogP contribution in [0.15, 0.2) is 24.3 Å². The van der Waals surface area contributed by atoms with Crippen LogP contribution in [0.4, 0.5) is 0 Å². The lowest BCUT2D eigenvalue weighted by Crippen LogP contribution is -2.33. The number of benzene rings is 1. The molecule has 0 saturated heterocycles. The van der Waals surface area contributed by atoms with Gasteiger partial charge < -0.3 is 25.8 Å². The van der Waals surface area contributed by atoms with Gasteiger partial charge in [0.15, 0.2) is 6.61 Å². The number of carbonyl (C=O) groups excluding carboxylic acids is 2. The van der Waals surface area contributed by atoms with E-state index in [2.05, 4.69) is 10.6 Å². The summed E-state index contributed by atoms with van der Waals surface area (Å²) in [4.78, 5) is 23.6. The molecule has 0 aromatic heterocycles. The van der Waals surface area contributed by atoms with E-state index in [4.69, 9.17) is 15.2 Å². The van der Waals surface area contributed by atoms with E-state index < -0.39 is 0 Å². The molecule has 0 heterocycles. The fourth-order valence-electron chi connectivity index (χ4n) is 2.35. The number of ether oxygens (including phenoxy) is 2. The van der Waals surface area contributed by atoms with E-state index in [0.717, 1.165) is 18.4 Å². The van der Waals surface area contributed by atoms with Gasteiger partial charge >= 0.3 is 0 Å². The summed E-state index contributed by atoms with van der Waals surface area (Å²) < 4.78 is 10.6. The van der Waals surface area contributed by atoms with E-state index in [9.17, 15) is 9.59 Å². The normalized spacial score (nSPS) is 15.3. The highest BCUT2D eigenvalue weighted by atomic mass is 35.5. The van der Waals surface area contributed by atoms with Crippen LogP contribution < -0.4 is 21.1 Å². The van der Waals surface area contributed by atoms with Gasteiger partial charge in [0.1, 0.15) is 5.75 Å². The lowest BCUT2D eigenvalue weighted by molar-refractivity contribution is -0.124. The second kappa shape index (κ2) is 11.0. The molecule has 0 radical (unpaired) electrons. The number of rotatable bonds is 10. The zero-order valence-corrected chi connectivity index (χ0v) is 16.0. The van der Waals surface area contributed by atoms with Crippen molar-refractivity contribution in [1.29, 1.82) is 0 Å². The Morgan fingerprint density at radius 1 is 1.23 bits per heavy atom. The second-order valence-corrected chi connectivity index (χ2v) is 6.29. The van der Waals surface area contributed by atoms with E-state index in [1.165, 1.54) is 7.11 Å². The molecular weight excluding hydrogens is 358 g/mol. The van der Waals surface area contributed by atoms with E-state index in [1.54, 1.807) is 12.1 Å². The van der Waals surface area contributed by atoms with Gasteiger partial charge in [0.05, 0.1) is 18.6 Å². The van der Waals surface area contributed by atoms with Crippen LogP contribution in [0, 0.1) is 0 Å². The van der Waals surface area contributed by atoms with Gasteiger partial charge in [-0.2, -0.15) is 0 Å². The molecule has 1 aliphatic rings. The standard InChI is InChI=1S/C18H27N3O4.ClH/c1-12(20-17(22)9-16(10-19)24-2)13-3-7-15(8-4-13)25-11-18(23)21-14-5-6-14;/h3-4,7-8,12,14,16H,5-6,9-11,19H2,1-2H3,(H,20,22)(H,21,23);1H. The maximum absolute atomic E-state index is 12.0. The van der Waals surface area contributed by atoms with Crippen LogP contribution >= 0.6 is 12.4 Å². The number of carbonyl (C=O) groups is 2. The Bertz CT molecular complexity index is 574. The van der Waals surface area contributed by atoms with Crippen molar-refractivity contribution in [3.63, 3.8) is 0 Å². The Kier molecular flexibility index (Phi) is 9.40. The zero-order valence-electron chi connectivity index (χ0n) is 15.2. The fourth-order valence-corrected chi connectivity index (χ4v) is 2.35. The van der Waals surface area contributed by atoms with E-state index in [-0.39, 0.29) is 49.4 Å². The first kappa shape index (κ1) is 22.2. The van der Waals surface area contributed by atoms with E-state index in [0.29, 0.717) is 18.3 Å². The molecule has 1 saturated carbocycles. The molecule has 26 heavy (non-hydrogen) atoms. The van der Waals surface area contributed by atoms with Gasteiger partial charge in [-0.25, -0.2) is 0 Å². The number of hydrogen-bond donors (Lipinski definition) is 3. The molecule has 1 aliphatic carbocycles. The molecule has 146 valence electrons. The number of methoxy groups -OCH3 is 1. The SMILES string of the molecule is COC(CN)CC(=O)NC(C)c1ccc(OCC(=O)NC2CC2)cc1.Cl. The molecule has 7 nitrogen and oxygen atoms in total. The van der Waals surface area contributed by atoms with Crippen molar-refractivity contribution in [2.24, 2.45) is 5.73 Å². The molecule has 2 amide bonds. The van der Waals surface area contributed by atoms with Crippen molar-refractivity contribution >= 4 is 24.2 Å². The zero-order chi connectivity index (χ0) is 18.2. The molecule has 0 aliphatic heterocycles. The summed E-state index contributed by atoms with van der Waals surface area (Å²) in [6.07, 6.45) is 2.07. The van der Waals surface area contributed by atoms with Crippen molar-refractivity contribution in [2.45, 2.75) is 44.4 Å². The number of halogens is 1. The van der Waals surface area contributed by atoms with E-state index in [1.807, 2.05) is 19.1 Å². The first-order chi connectivity index (χ1) is 12.0. The topological polar surface area (TPSA) is 103 Å². The number of amides is 2. The maximum atomic E-state index is 12.0. The first-order valence-electron chi connectivity index (χ1n) is 8.56. The summed E-state index contributed by atoms with van der Waals surface area (Å²) in [6, 6.07) is 7.52. The van der Waals surface area contributed by atoms with Gasteiger partial charge in [0.25, 0.3) is 5.91 Å². The molecule has 8 heteroatoms. The highest BCUT2D eigenvalue weighted by Gasteiger charge is 2.23. The van der Waals surface area contributed by atoms with Crippen LogP contribution in [0.25, 0.3) is 0 Å². The lowest BCUT2D eigenvalue weighted by Gasteiger charge is -2.17. The monoisotopic (exact) mass is 385 g/mol. The predicted octanol–water partition coefficient (Wildman–Crippen LogP) is 1.31. The molecule has 2 rings (SSSR count). The Morgan fingerprint density at radius 2 is 1.88 bits per heavy atom. The molecule has 0 spiro atoms. The molecule has 0 bridgehead atoms. The minimum Gasteiger partial charge on any atom is -0.484 e. The summed E-state index contributed by atoms with van der Waals surface area (Å²) in [5.41, 5.74) is 6.47. The number of nitrogens with one attached hydrogen (secondary N) is 2. The predicted molar refractivity (Wildman–Crippen MR) is 101 cm³/mol. The molecular formula is C18H28ClN3O4. The quantitative estimate of drug-likeness (QED) is 0.563. The van der Waals surface area contributed by atoms with Crippen molar-refractivity contribution in [3.8, 4) is 5.75 Å². The Hall–Kier alpha value is -1.83. The van der Waals surface area contributed by atoms with Gasteiger partial charge in [-0.05, 0) is 37.5 Å². The molecule has 1 aromatic carbocycles. The molecule has 2 unspecified atom stereocenters. The Morgan fingerprint density at radius 3 is 2.42 bits per heavy atom. The van der Waals surface area contributed by atoms with Crippen molar-refractivity contribution in [2.75, 3.05) is 20.3 Å². The van der Waals surface area contributed by atoms with Crippen molar-refractivity contribution < 1.29 is 19.1 Å². The van der Waals surface area contributed by atoms with Crippen LogP contribution in [-0.2, 0) is 14.3 Å². The van der Waals surface area contributed by atoms with Crippen LogP contribution in [-0.4, -0.2) is 44.2 Å². The highest BCUT2D eigenvalue weighted by molar-refractivity contribution is 5.85. The summed E-state index contributed by atoms with van der Waals surface area (Å²) in [5, 5.41) is 5.78. The summed E-state index contributed by atoms with van der Waals surface area (Å²) in [5.74, 6) is 0.414. The molecule has 1 fully saturated rings. The highest BCUT2D eigenvalue weighted by Crippen LogP contribution is 2.19. The minimum atomic E-state index is -0.273. The Labute approximate surface area is 160 Å². The van der Waals surface area contributed by atoms with Crippen LogP contribution in [0.1, 0.15) is 37.8 Å².